The summed E-state index contributed by atoms with van der Waals surface area (Å²) in [4.78, 5) is 22.4. The molecule has 0 saturated carbocycles. The van der Waals surface area contributed by atoms with E-state index in [1.807, 2.05) is 0 Å². The Morgan fingerprint density at radius 3 is 2.56 bits per heavy atom. The molecule has 1 aromatic carbocycles. The summed E-state index contributed by atoms with van der Waals surface area (Å²) >= 11 is 9.01. The zero-order valence-electron chi connectivity index (χ0n) is 8.46. The van der Waals surface area contributed by atoms with Crippen molar-refractivity contribution in [2.24, 2.45) is 5.73 Å². The Balaban J connectivity index is 2.84. The molecule has 0 bridgehead atoms. The van der Waals surface area contributed by atoms with Gasteiger partial charge in [0.05, 0.1) is 0 Å². The molecule has 6 heteroatoms. The van der Waals surface area contributed by atoms with Crippen LogP contribution in [0.3, 0.4) is 0 Å². The van der Waals surface area contributed by atoms with E-state index < -0.39 is 17.9 Å². The van der Waals surface area contributed by atoms with Crippen molar-refractivity contribution in [3.63, 3.8) is 0 Å². The number of primary amides is 1. The number of nitrogens with one attached hydrogen (secondary N) is 1. The van der Waals surface area contributed by atoms with Gasteiger partial charge in [-0.1, -0.05) is 27.5 Å². The number of rotatable bonds is 3. The lowest BCUT2D eigenvalue weighted by Gasteiger charge is -2.10. The highest BCUT2D eigenvalue weighted by Crippen LogP contribution is 2.19. The first-order valence-electron chi connectivity index (χ1n) is 4.46. The number of carbonyl (C=O) groups excluding carboxylic acids is 2. The highest BCUT2D eigenvalue weighted by molar-refractivity contribution is 9.10. The minimum Gasteiger partial charge on any atom is -0.368 e. The van der Waals surface area contributed by atoms with E-state index in [0.29, 0.717) is 15.1 Å². The van der Waals surface area contributed by atoms with Gasteiger partial charge < -0.3 is 11.1 Å². The summed E-state index contributed by atoms with van der Waals surface area (Å²) < 4.78 is 0.692. The van der Waals surface area contributed by atoms with Crippen molar-refractivity contribution in [3.05, 3.63) is 33.3 Å². The third-order valence-electron chi connectivity index (χ3n) is 1.90. The van der Waals surface area contributed by atoms with Gasteiger partial charge in [-0.2, -0.15) is 0 Å². The average Bonchev–Trinajstić information content (AvgIpc) is 2.15. The molecule has 1 rings (SSSR count). The van der Waals surface area contributed by atoms with Gasteiger partial charge in [-0.15, -0.1) is 0 Å². The van der Waals surface area contributed by atoms with E-state index >= 15 is 0 Å². The Morgan fingerprint density at radius 2 is 2.06 bits per heavy atom. The summed E-state index contributed by atoms with van der Waals surface area (Å²) in [5, 5.41) is 2.89. The van der Waals surface area contributed by atoms with Crippen LogP contribution in [0.4, 0.5) is 0 Å². The minimum atomic E-state index is -0.717. The van der Waals surface area contributed by atoms with Crippen molar-refractivity contribution in [1.82, 2.24) is 5.32 Å². The van der Waals surface area contributed by atoms with Crippen LogP contribution in [-0.4, -0.2) is 17.9 Å². The molecule has 0 fully saturated rings. The summed E-state index contributed by atoms with van der Waals surface area (Å²) in [6.45, 7) is 1.51. The summed E-state index contributed by atoms with van der Waals surface area (Å²) in [6, 6.07) is 4.06. The summed E-state index contributed by atoms with van der Waals surface area (Å²) in [5.41, 5.74) is 5.40. The van der Waals surface area contributed by atoms with Gasteiger partial charge >= 0.3 is 0 Å². The first kappa shape index (κ1) is 13.0. The van der Waals surface area contributed by atoms with Gasteiger partial charge in [0, 0.05) is 15.1 Å². The normalized spacial score (nSPS) is 11.9. The standard InChI is InChI=1S/C10H10BrClN2O2/c1-5(9(13)15)14-10(16)6-2-7(11)4-8(12)3-6/h2-5H,1H3,(H2,13,15)(H,14,16). The molecule has 86 valence electrons. The largest absolute Gasteiger partial charge is 0.368 e. The predicted molar refractivity (Wildman–Crippen MR) is 65.3 cm³/mol. The molecule has 0 radical (unpaired) electrons. The smallest absolute Gasteiger partial charge is 0.252 e. The molecule has 16 heavy (non-hydrogen) atoms. The molecule has 0 aliphatic rings. The summed E-state index contributed by atoms with van der Waals surface area (Å²) in [6.07, 6.45) is 0. The van der Waals surface area contributed by atoms with Crippen LogP contribution in [0, 0.1) is 0 Å². The molecule has 1 unspecified atom stereocenters. The van der Waals surface area contributed by atoms with Gasteiger partial charge in [-0.05, 0) is 25.1 Å². The molecule has 4 nitrogen and oxygen atoms in total. The lowest BCUT2D eigenvalue weighted by atomic mass is 10.2. The zero-order valence-corrected chi connectivity index (χ0v) is 10.8. The lowest BCUT2D eigenvalue weighted by molar-refractivity contribution is -0.119. The van der Waals surface area contributed by atoms with Crippen LogP contribution in [0.15, 0.2) is 22.7 Å². The number of hydrogen-bond donors (Lipinski definition) is 2. The maximum atomic E-state index is 11.7. The van der Waals surface area contributed by atoms with Gasteiger partial charge in [-0.3, -0.25) is 9.59 Å². The second kappa shape index (κ2) is 5.32. The SMILES string of the molecule is CC(NC(=O)c1cc(Cl)cc(Br)c1)C(N)=O. The van der Waals surface area contributed by atoms with Crippen molar-refractivity contribution in [2.75, 3.05) is 0 Å². The highest BCUT2D eigenvalue weighted by atomic mass is 79.9. The molecule has 0 spiro atoms. The van der Waals surface area contributed by atoms with Crippen LogP contribution in [0.5, 0.6) is 0 Å². The van der Waals surface area contributed by atoms with Crippen LogP contribution in [0.1, 0.15) is 17.3 Å². The molecule has 0 heterocycles. The van der Waals surface area contributed by atoms with E-state index in [1.165, 1.54) is 13.0 Å². The van der Waals surface area contributed by atoms with Crippen molar-refractivity contribution in [2.45, 2.75) is 13.0 Å². The van der Waals surface area contributed by atoms with Crippen molar-refractivity contribution in [1.29, 1.82) is 0 Å². The number of halogens is 2. The monoisotopic (exact) mass is 304 g/mol. The second-order valence-electron chi connectivity index (χ2n) is 3.26. The molecule has 1 aromatic rings. The fourth-order valence-corrected chi connectivity index (χ4v) is 1.90. The molecule has 2 amide bonds. The van der Waals surface area contributed by atoms with Crippen LogP contribution in [0.25, 0.3) is 0 Å². The predicted octanol–water partition coefficient (Wildman–Crippen LogP) is 1.71. The zero-order chi connectivity index (χ0) is 12.3. The van der Waals surface area contributed by atoms with Gasteiger partial charge in [0.2, 0.25) is 5.91 Å². The summed E-state index contributed by atoms with van der Waals surface area (Å²) in [5.74, 6) is -0.982. The minimum absolute atomic E-state index is 0.368. The maximum Gasteiger partial charge on any atom is 0.252 e. The van der Waals surface area contributed by atoms with Crippen LogP contribution >= 0.6 is 27.5 Å². The molecule has 3 N–H and O–H groups in total. The fourth-order valence-electron chi connectivity index (χ4n) is 1.04. The van der Waals surface area contributed by atoms with Crippen molar-refractivity contribution in [3.8, 4) is 0 Å². The number of nitrogens with two attached hydrogens (primary N) is 1. The first-order chi connectivity index (χ1) is 7.40. The maximum absolute atomic E-state index is 11.7. The molecule has 0 saturated heterocycles. The molecular formula is C10H10BrClN2O2. The van der Waals surface area contributed by atoms with E-state index in [1.54, 1.807) is 12.1 Å². The fraction of sp³-hybridized carbons (Fsp3) is 0.200. The van der Waals surface area contributed by atoms with E-state index in [0.717, 1.165) is 0 Å². The van der Waals surface area contributed by atoms with E-state index in [2.05, 4.69) is 21.2 Å². The van der Waals surface area contributed by atoms with Crippen LogP contribution < -0.4 is 11.1 Å². The van der Waals surface area contributed by atoms with Crippen molar-refractivity contribution < 1.29 is 9.59 Å². The number of benzene rings is 1. The quantitative estimate of drug-likeness (QED) is 0.892. The molecular weight excluding hydrogens is 295 g/mol. The molecule has 0 aliphatic heterocycles. The van der Waals surface area contributed by atoms with Crippen LogP contribution in [0.2, 0.25) is 5.02 Å². The van der Waals surface area contributed by atoms with E-state index in [4.69, 9.17) is 17.3 Å². The van der Waals surface area contributed by atoms with E-state index in [-0.39, 0.29) is 0 Å². The Labute approximate surface area is 106 Å². The highest BCUT2D eigenvalue weighted by Gasteiger charge is 2.14. The lowest BCUT2D eigenvalue weighted by Crippen LogP contribution is -2.42. The molecule has 0 aromatic heterocycles. The van der Waals surface area contributed by atoms with Crippen molar-refractivity contribution >= 4 is 39.3 Å². The molecule has 0 aliphatic carbocycles. The number of hydrogen-bond acceptors (Lipinski definition) is 2. The second-order valence-corrected chi connectivity index (χ2v) is 4.61. The third kappa shape index (κ3) is 3.50. The van der Waals surface area contributed by atoms with Gasteiger partial charge in [0.1, 0.15) is 6.04 Å². The number of carbonyl (C=O) groups is 2. The van der Waals surface area contributed by atoms with Crippen LogP contribution in [-0.2, 0) is 4.79 Å². The average molecular weight is 306 g/mol. The third-order valence-corrected chi connectivity index (χ3v) is 2.58. The molecule has 1 atom stereocenters. The van der Waals surface area contributed by atoms with Gasteiger partial charge in [-0.25, -0.2) is 0 Å². The van der Waals surface area contributed by atoms with Gasteiger partial charge in [0.25, 0.3) is 5.91 Å². The number of amides is 2. The van der Waals surface area contributed by atoms with E-state index in [9.17, 15) is 9.59 Å². The van der Waals surface area contributed by atoms with Gasteiger partial charge in [0.15, 0.2) is 0 Å². The Hall–Kier alpha value is -1.07. The Bertz CT molecular complexity index is 417. The summed E-state index contributed by atoms with van der Waals surface area (Å²) in [7, 11) is 0. The first-order valence-corrected chi connectivity index (χ1v) is 5.63. The Morgan fingerprint density at radius 1 is 1.44 bits per heavy atom. The topological polar surface area (TPSA) is 72.2 Å². The Kier molecular flexibility index (Phi) is 4.32.